The largest absolute Gasteiger partial charge is 0.465 e. The van der Waals surface area contributed by atoms with Crippen LogP contribution < -0.4 is 0 Å². The molecular weight excluding hydrogens is 244 g/mol. The van der Waals surface area contributed by atoms with Crippen LogP contribution >= 0.6 is 0 Å². The summed E-state index contributed by atoms with van der Waals surface area (Å²) in [4.78, 5) is 24.8. The second-order valence-electron chi connectivity index (χ2n) is 5.17. The molecule has 4 nitrogen and oxygen atoms in total. The van der Waals surface area contributed by atoms with Crippen molar-refractivity contribution in [2.45, 2.75) is 40.5 Å². The topological polar surface area (TPSA) is 52.6 Å². The van der Waals surface area contributed by atoms with Crippen LogP contribution in [0.3, 0.4) is 0 Å². The van der Waals surface area contributed by atoms with Crippen molar-refractivity contribution < 1.29 is 19.1 Å². The van der Waals surface area contributed by atoms with Crippen molar-refractivity contribution in [3.63, 3.8) is 0 Å². The molecule has 1 aliphatic carbocycles. The molecule has 0 unspecified atom stereocenters. The Kier molecular flexibility index (Phi) is 5.58. The second-order valence-corrected chi connectivity index (χ2v) is 5.17. The molecule has 4 heteroatoms. The van der Waals surface area contributed by atoms with E-state index in [1.165, 1.54) is 0 Å². The predicted molar refractivity (Wildman–Crippen MR) is 72.4 cm³/mol. The highest BCUT2D eigenvalue weighted by Gasteiger charge is 2.55. The molecule has 0 aliphatic heterocycles. The fourth-order valence-electron chi connectivity index (χ4n) is 2.78. The maximum absolute atomic E-state index is 12.4. The third-order valence-corrected chi connectivity index (χ3v) is 3.71. The number of hydrogen-bond acceptors (Lipinski definition) is 4. The maximum atomic E-state index is 12.4. The molecule has 19 heavy (non-hydrogen) atoms. The number of esters is 2. The molecule has 0 heterocycles. The van der Waals surface area contributed by atoms with E-state index >= 15 is 0 Å². The van der Waals surface area contributed by atoms with Crippen molar-refractivity contribution in [3.8, 4) is 0 Å². The third kappa shape index (κ3) is 2.99. The summed E-state index contributed by atoms with van der Waals surface area (Å²) < 4.78 is 10.3. The Bertz CT molecular complexity index is 339. The minimum absolute atomic E-state index is 0.0735. The van der Waals surface area contributed by atoms with E-state index in [9.17, 15) is 9.59 Å². The zero-order valence-electron chi connectivity index (χ0n) is 12.3. The van der Waals surface area contributed by atoms with Crippen molar-refractivity contribution in [1.82, 2.24) is 0 Å². The molecule has 0 fully saturated rings. The number of rotatable bonds is 5. The van der Waals surface area contributed by atoms with E-state index in [4.69, 9.17) is 9.47 Å². The number of carbonyl (C=O) groups is 2. The first-order chi connectivity index (χ1) is 9.00. The SMILES string of the molecule is CCOC(=O)C1(C(=O)OCC)CC=CC[C@@H]1C(C)C. The third-order valence-electron chi connectivity index (χ3n) is 3.71. The molecular formula is C15H24O4. The van der Waals surface area contributed by atoms with E-state index in [-0.39, 0.29) is 25.0 Å². The average Bonchev–Trinajstić information content (AvgIpc) is 2.38. The van der Waals surface area contributed by atoms with Crippen LogP contribution in [-0.2, 0) is 19.1 Å². The van der Waals surface area contributed by atoms with Gasteiger partial charge in [0.2, 0.25) is 0 Å². The van der Waals surface area contributed by atoms with E-state index in [1.807, 2.05) is 26.0 Å². The van der Waals surface area contributed by atoms with Gasteiger partial charge in [0, 0.05) is 0 Å². The first-order valence-corrected chi connectivity index (χ1v) is 7.00. The summed E-state index contributed by atoms with van der Waals surface area (Å²) in [6.07, 6.45) is 4.98. The van der Waals surface area contributed by atoms with E-state index in [1.54, 1.807) is 13.8 Å². The van der Waals surface area contributed by atoms with Crippen molar-refractivity contribution in [2.24, 2.45) is 17.3 Å². The van der Waals surface area contributed by atoms with Crippen molar-refractivity contribution in [3.05, 3.63) is 12.2 Å². The first kappa shape index (κ1) is 15.7. The fraction of sp³-hybridized carbons (Fsp3) is 0.733. The first-order valence-electron chi connectivity index (χ1n) is 7.00. The summed E-state index contributed by atoms with van der Waals surface area (Å²) in [5.41, 5.74) is -1.17. The van der Waals surface area contributed by atoms with Gasteiger partial charge in [0.15, 0.2) is 5.41 Å². The van der Waals surface area contributed by atoms with Gasteiger partial charge in [0.1, 0.15) is 0 Å². The summed E-state index contributed by atoms with van der Waals surface area (Å²) in [5.74, 6) is -0.762. The lowest BCUT2D eigenvalue weighted by molar-refractivity contribution is -0.178. The monoisotopic (exact) mass is 268 g/mol. The van der Waals surface area contributed by atoms with Gasteiger partial charge in [-0.2, -0.15) is 0 Å². The van der Waals surface area contributed by atoms with Crippen LogP contribution in [0.1, 0.15) is 40.5 Å². The molecule has 0 amide bonds. The molecule has 0 radical (unpaired) electrons. The van der Waals surface area contributed by atoms with E-state index in [0.717, 1.165) is 0 Å². The Hall–Kier alpha value is -1.32. The summed E-state index contributed by atoms with van der Waals surface area (Å²) in [5, 5.41) is 0. The van der Waals surface area contributed by atoms with Crippen LogP contribution in [0, 0.1) is 17.3 Å². The van der Waals surface area contributed by atoms with Crippen LogP contribution in [0.4, 0.5) is 0 Å². The Balaban J connectivity index is 3.18. The standard InChI is InChI=1S/C15H24O4/c1-5-18-13(16)15(14(17)19-6-2)10-8-7-9-12(15)11(3)4/h7-8,11-12H,5-6,9-10H2,1-4H3/t12-/m1/s1. The summed E-state index contributed by atoms with van der Waals surface area (Å²) in [6.45, 7) is 8.09. The lowest BCUT2D eigenvalue weighted by Gasteiger charge is -2.39. The minimum atomic E-state index is -1.17. The molecule has 0 N–H and O–H groups in total. The minimum Gasteiger partial charge on any atom is -0.465 e. The zero-order chi connectivity index (χ0) is 14.5. The van der Waals surface area contributed by atoms with Crippen molar-refractivity contribution in [2.75, 3.05) is 13.2 Å². The maximum Gasteiger partial charge on any atom is 0.324 e. The predicted octanol–water partition coefficient (Wildman–Crippen LogP) is 2.72. The van der Waals surface area contributed by atoms with Crippen molar-refractivity contribution >= 4 is 11.9 Å². The van der Waals surface area contributed by atoms with E-state index in [0.29, 0.717) is 12.8 Å². The van der Waals surface area contributed by atoms with E-state index in [2.05, 4.69) is 0 Å². The second kappa shape index (κ2) is 6.73. The Morgan fingerprint density at radius 1 is 1.16 bits per heavy atom. The highest BCUT2D eigenvalue weighted by molar-refractivity contribution is 6.01. The Morgan fingerprint density at radius 3 is 2.11 bits per heavy atom. The number of carbonyl (C=O) groups excluding carboxylic acids is 2. The molecule has 0 aromatic heterocycles. The molecule has 1 rings (SSSR count). The molecule has 0 saturated carbocycles. The average molecular weight is 268 g/mol. The van der Waals surface area contributed by atoms with Crippen molar-refractivity contribution in [1.29, 1.82) is 0 Å². The molecule has 0 aromatic rings. The zero-order valence-corrected chi connectivity index (χ0v) is 12.3. The normalized spacial score (nSPS) is 21.2. The van der Waals surface area contributed by atoms with Crippen LogP contribution in [0.5, 0.6) is 0 Å². The Labute approximate surface area is 115 Å². The number of ether oxygens (including phenoxy) is 2. The van der Waals surface area contributed by atoms with E-state index < -0.39 is 17.4 Å². The van der Waals surface area contributed by atoms with Crippen LogP contribution in [0.25, 0.3) is 0 Å². The lowest BCUT2D eigenvalue weighted by Crippen LogP contribution is -2.50. The fourth-order valence-corrected chi connectivity index (χ4v) is 2.78. The smallest absolute Gasteiger partial charge is 0.324 e. The molecule has 0 aromatic carbocycles. The number of hydrogen-bond donors (Lipinski definition) is 0. The van der Waals surface area contributed by atoms with Crippen LogP contribution in [-0.4, -0.2) is 25.2 Å². The van der Waals surface area contributed by atoms with Gasteiger partial charge >= 0.3 is 11.9 Å². The quantitative estimate of drug-likeness (QED) is 0.437. The van der Waals surface area contributed by atoms with Gasteiger partial charge < -0.3 is 9.47 Å². The molecule has 1 aliphatic rings. The molecule has 1 atom stereocenters. The van der Waals surface area contributed by atoms with Gasteiger partial charge in [0.05, 0.1) is 13.2 Å². The summed E-state index contributed by atoms with van der Waals surface area (Å²) in [7, 11) is 0. The van der Waals surface area contributed by atoms with Crippen LogP contribution in [0.2, 0.25) is 0 Å². The molecule has 0 saturated heterocycles. The Morgan fingerprint density at radius 2 is 1.68 bits per heavy atom. The van der Waals surface area contributed by atoms with Gasteiger partial charge in [-0.15, -0.1) is 0 Å². The lowest BCUT2D eigenvalue weighted by atomic mass is 9.64. The number of allylic oxidation sites excluding steroid dienone is 2. The highest BCUT2D eigenvalue weighted by Crippen LogP contribution is 2.44. The van der Waals surface area contributed by atoms with Gasteiger partial charge in [-0.05, 0) is 38.5 Å². The van der Waals surface area contributed by atoms with Gasteiger partial charge in [0.25, 0.3) is 0 Å². The summed E-state index contributed by atoms with van der Waals surface area (Å²) in [6, 6.07) is 0. The molecule has 0 bridgehead atoms. The molecule has 0 spiro atoms. The highest BCUT2D eigenvalue weighted by atomic mass is 16.6. The van der Waals surface area contributed by atoms with Gasteiger partial charge in [-0.25, -0.2) is 0 Å². The van der Waals surface area contributed by atoms with Crippen LogP contribution in [0.15, 0.2) is 12.2 Å². The van der Waals surface area contributed by atoms with Gasteiger partial charge in [-0.3, -0.25) is 9.59 Å². The van der Waals surface area contributed by atoms with Gasteiger partial charge in [-0.1, -0.05) is 26.0 Å². The summed E-state index contributed by atoms with van der Waals surface area (Å²) >= 11 is 0. The molecule has 108 valence electrons.